The molecule has 0 saturated heterocycles. The maximum Gasteiger partial charge on any atom is 0.140 e. The van der Waals surface area contributed by atoms with Crippen molar-refractivity contribution in [3.63, 3.8) is 0 Å². The lowest BCUT2D eigenvalue weighted by atomic mass is 9.78. The van der Waals surface area contributed by atoms with Crippen molar-refractivity contribution in [3.8, 4) is 0 Å². The van der Waals surface area contributed by atoms with Crippen LogP contribution in [0.5, 0.6) is 0 Å². The molecule has 85 heavy (non-hydrogen) atoms. The van der Waals surface area contributed by atoms with Crippen LogP contribution in [0.3, 0.4) is 0 Å². The second-order valence-electron chi connectivity index (χ2n) is 25.6. The first-order chi connectivity index (χ1) is 39.9. The van der Waals surface area contributed by atoms with Crippen molar-refractivity contribution in [2.45, 2.75) is 230 Å². The molecule has 0 spiro atoms. The van der Waals surface area contributed by atoms with E-state index < -0.39 is 0 Å². The molecule has 0 unspecified atom stereocenters. The van der Waals surface area contributed by atoms with Crippen molar-refractivity contribution >= 4 is 57.8 Å². The standard InChI is InChI=1S/5C15H18O2/c1-9-4-12(5-10(2)11(9)3)13-6-14(16)8-15(17)7-13;1-9-4-10(2)11(3)15(5-9)12-6-13(16)8-14(17)7-12;1-9-4-10(2)15(11(3)5-9)12-6-13(16)8-14(17)7-12;1-9-4-5-15(11(3)10(9)2)12-6-13(16)8-14(17)7-12;1-9-4-5-10(2)15(11(9)3)12-6-13(16)8-14(17)7-12/h4-5,13H,6-8H2,1-3H3;4*4-5,12H,6-8H2,1-3H3. The minimum atomic E-state index is 0.0853. The first-order valence-corrected chi connectivity index (χ1v) is 30.4. The molecule has 5 saturated carbocycles. The van der Waals surface area contributed by atoms with E-state index in [0.29, 0.717) is 64.2 Å². The van der Waals surface area contributed by atoms with Crippen LogP contribution in [0.25, 0.3) is 0 Å². The lowest BCUT2D eigenvalue weighted by molar-refractivity contribution is -0.131. The third kappa shape index (κ3) is 17.9. The Bertz CT molecular complexity index is 3370. The van der Waals surface area contributed by atoms with E-state index in [1.807, 2.05) is 0 Å². The molecule has 0 radical (unpaired) electrons. The fraction of sp³-hybridized carbons (Fsp3) is 0.467. The van der Waals surface area contributed by atoms with Gasteiger partial charge in [-0.15, -0.1) is 0 Å². The summed E-state index contributed by atoms with van der Waals surface area (Å²) in [6, 6.07) is 21.1. The molecule has 0 aromatic heterocycles. The lowest BCUT2D eigenvalue weighted by Gasteiger charge is -2.24. The zero-order chi connectivity index (χ0) is 62.9. The first kappa shape index (κ1) is 66.9. The van der Waals surface area contributed by atoms with Crippen molar-refractivity contribution in [1.29, 1.82) is 0 Å². The Morgan fingerprint density at radius 2 is 0.541 bits per heavy atom. The maximum absolute atomic E-state index is 11.5. The van der Waals surface area contributed by atoms with Crippen LogP contribution in [0.15, 0.2) is 60.7 Å². The van der Waals surface area contributed by atoms with Crippen LogP contribution in [0, 0.1) is 104 Å². The van der Waals surface area contributed by atoms with Crippen LogP contribution in [-0.2, 0) is 47.9 Å². The minimum Gasteiger partial charge on any atom is -0.299 e. The number of rotatable bonds is 5. The Morgan fingerprint density at radius 3 is 0.965 bits per heavy atom. The molecule has 0 aliphatic heterocycles. The predicted molar refractivity (Wildman–Crippen MR) is 336 cm³/mol. The number of hydrogen-bond acceptors (Lipinski definition) is 10. The molecule has 0 heterocycles. The Hall–Kier alpha value is -7.20. The molecule has 0 amide bonds. The highest BCUT2D eigenvalue weighted by molar-refractivity contribution is 6.04. The van der Waals surface area contributed by atoms with Crippen LogP contribution >= 0.6 is 0 Å². The summed E-state index contributed by atoms with van der Waals surface area (Å²) in [4.78, 5) is 115. The molecule has 10 heteroatoms. The molecule has 5 fully saturated rings. The van der Waals surface area contributed by atoms with E-state index in [4.69, 9.17) is 0 Å². The molecular formula is C75H90O10. The summed E-state index contributed by atoms with van der Waals surface area (Å²) in [6.07, 6.45) is 5.93. The van der Waals surface area contributed by atoms with Gasteiger partial charge in [-0.3, -0.25) is 47.9 Å². The number of ketones is 10. The van der Waals surface area contributed by atoms with Gasteiger partial charge in [0.15, 0.2) is 0 Å². The largest absolute Gasteiger partial charge is 0.299 e. The molecule has 0 atom stereocenters. The van der Waals surface area contributed by atoms with E-state index in [1.165, 1.54) is 106 Å². The topological polar surface area (TPSA) is 171 Å². The summed E-state index contributed by atoms with van der Waals surface area (Å²) in [5.74, 6) is 1.38. The monoisotopic (exact) mass is 1150 g/mol. The van der Waals surface area contributed by atoms with Gasteiger partial charge in [-0.1, -0.05) is 71.8 Å². The molecular weight excluding hydrogens is 1060 g/mol. The quantitative estimate of drug-likeness (QED) is 0.154. The number of carbonyl (C=O) groups excluding carboxylic acids is 10. The molecule has 0 N–H and O–H groups in total. The smallest absolute Gasteiger partial charge is 0.140 e. The number of benzene rings is 5. The highest BCUT2D eigenvalue weighted by atomic mass is 16.2. The summed E-state index contributed by atoms with van der Waals surface area (Å²) >= 11 is 0. The lowest BCUT2D eigenvalue weighted by Crippen LogP contribution is -2.22. The van der Waals surface area contributed by atoms with E-state index in [0.717, 1.165) is 5.56 Å². The van der Waals surface area contributed by atoms with Gasteiger partial charge in [0.25, 0.3) is 0 Å². The van der Waals surface area contributed by atoms with Crippen molar-refractivity contribution in [2.24, 2.45) is 0 Å². The number of carbonyl (C=O) groups is 10. The molecule has 10 nitrogen and oxygen atoms in total. The number of hydrogen-bond donors (Lipinski definition) is 0. The van der Waals surface area contributed by atoms with Crippen molar-refractivity contribution in [1.82, 2.24) is 0 Å². The number of Topliss-reactive ketones (excluding diaryl/α,β-unsaturated/α-hetero) is 10. The van der Waals surface area contributed by atoms with E-state index in [2.05, 4.69) is 165 Å². The van der Waals surface area contributed by atoms with Crippen LogP contribution in [0.1, 0.15) is 237 Å². The second-order valence-corrected chi connectivity index (χ2v) is 25.6. The average Bonchev–Trinajstić information content (AvgIpc) is 3.61. The van der Waals surface area contributed by atoms with Gasteiger partial charge in [-0.25, -0.2) is 0 Å². The van der Waals surface area contributed by atoms with Gasteiger partial charge >= 0.3 is 0 Å². The zero-order valence-corrected chi connectivity index (χ0v) is 53.3. The van der Waals surface area contributed by atoms with Crippen LogP contribution in [0.4, 0.5) is 0 Å². The molecule has 0 bridgehead atoms. The predicted octanol–water partition coefficient (Wildman–Crippen LogP) is 15.1. The van der Waals surface area contributed by atoms with Gasteiger partial charge in [0.05, 0.1) is 32.1 Å². The first-order valence-electron chi connectivity index (χ1n) is 30.4. The number of aryl methyl sites for hydroxylation is 10. The van der Waals surface area contributed by atoms with E-state index in [1.54, 1.807) is 0 Å². The molecule has 5 aliphatic rings. The fourth-order valence-electron chi connectivity index (χ4n) is 13.7. The van der Waals surface area contributed by atoms with Crippen molar-refractivity contribution < 1.29 is 47.9 Å². The third-order valence-electron chi connectivity index (χ3n) is 18.5. The Morgan fingerprint density at radius 1 is 0.235 bits per heavy atom. The van der Waals surface area contributed by atoms with E-state index in [-0.39, 0.29) is 120 Å². The SMILES string of the molecule is Cc1cc(C)c(C)c(C2CC(=O)CC(=O)C2)c1.Cc1cc(C)c(C2CC(=O)CC(=O)C2)c(C)c1.Cc1cc(C2CC(=O)CC(=O)C2)cc(C)c1C.Cc1ccc(C)c(C2CC(=O)CC(=O)C2)c1C.Cc1ccc(C2CC(=O)CC(=O)C2)c(C)c1C. The zero-order valence-electron chi connectivity index (χ0n) is 53.3. The van der Waals surface area contributed by atoms with Crippen LogP contribution < -0.4 is 0 Å². The molecule has 5 aromatic carbocycles. The average molecular weight is 1150 g/mol. The Balaban J connectivity index is 0.000000170. The minimum absolute atomic E-state index is 0.0853. The summed E-state index contributed by atoms with van der Waals surface area (Å²) in [5.41, 5.74) is 24.4. The summed E-state index contributed by atoms with van der Waals surface area (Å²) in [7, 11) is 0. The van der Waals surface area contributed by atoms with Gasteiger partial charge in [-0.2, -0.15) is 0 Å². The van der Waals surface area contributed by atoms with Crippen LogP contribution in [-0.4, -0.2) is 57.8 Å². The summed E-state index contributed by atoms with van der Waals surface area (Å²) in [6.45, 7) is 31.2. The summed E-state index contributed by atoms with van der Waals surface area (Å²) < 4.78 is 0. The fourth-order valence-corrected chi connectivity index (χ4v) is 13.7. The summed E-state index contributed by atoms with van der Waals surface area (Å²) in [5, 5.41) is 0. The maximum atomic E-state index is 11.5. The van der Waals surface area contributed by atoms with Crippen molar-refractivity contribution in [3.05, 3.63) is 172 Å². The van der Waals surface area contributed by atoms with Gasteiger partial charge < -0.3 is 0 Å². The third-order valence-corrected chi connectivity index (χ3v) is 18.5. The van der Waals surface area contributed by atoms with E-state index in [9.17, 15) is 47.9 Å². The molecule has 450 valence electrons. The Labute approximate surface area is 505 Å². The normalized spacial score (nSPS) is 17.6. The van der Waals surface area contributed by atoms with Crippen LogP contribution in [0.2, 0.25) is 0 Å². The highest BCUT2D eigenvalue weighted by Gasteiger charge is 2.32. The molecule has 10 rings (SSSR count). The van der Waals surface area contributed by atoms with Gasteiger partial charge in [0.2, 0.25) is 0 Å². The molecule has 5 aliphatic carbocycles. The molecule has 5 aromatic rings. The van der Waals surface area contributed by atoms with Gasteiger partial charge in [0, 0.05) is 64.2 Å². The van der Waals surface area contributed by atoms with Crippen molar-refractivity contribution in [2.75, 3.05) is 0 Å². The second kappa shape index (κ2) is 29.3. The van der Waals surface area contributed by atoms with E-state index >= 15 is 0 Å². The van der Waals surface area contributed by atoms with Gasteiger partial charge in [0.1, 0.15) is 57.8 Å². The highest BCUT2D eigenvalue weighted by Crippen LogP contribution is 2.38. The Kier molecular flexibility index (Phi) is 23.0. The van der Waals surface area contributed by atoms with Gasteiger partial charge in [-0.05, 0) is 234 Å².